The van der Waals surface area contributed by atoms with Gasteiger partial charge in [-0.1, -0.05) is 12.2 Å². The van der Waals surface area contributed by atoms with Gasteiger partial charge in [0.1, 0.15) is 6.29 Å². The Morgan fingerprint density at radius 1 is 1.46 bits per heavy atom. The molecule has 0 spiro atoms. The summed E-state index contributed by atoms with van der Waals surface area (Å²) in [6.45, 7) is 2.03. The molecule has 1 aromatic heterocycles. The highest BCUT2D eigenvalue weighted by atomic mass is 16.1. The van der Waals surface area contributed by atoms with Gasteiger partial charge < -0.3 is 9.78 Å². The molecular weight excluding hydrogens is 162 g/mol. The van der Waals surface area contributed by atoms with Crippen LogP contribution in [0.25, 0.3) is 12.2 Å². The molecule has 2 heteroatoms. The molecule has 0 saturated heterocycles. The van der Waals surface area contributed by atoms with Gasteiger partial charge in [0.05, 0.1) is 0 Å². The molecule has 68 valence electrons. The SMILES string of the molecule is Cc1[nH]c2c(c1CC=O)=CCCC=2. The van der Waals surface area contributed by atoms with Gasteiger partial charge in [0.15, 0.2) is 0 Å². The summed E-state index contributed by atoms with van der Waals surface area (Å²) in [5.41, 5.74) is 2.30. The van der Waals surface area contributed by atoms with Crippen LogP contribution in [0.5, 0.6) is 0 Å². The summed E-state index contributed by atoms with van der Waals surface area (Å²) in [5, 5.41) is 2.44. The van der Waals surface area contributed by atoms with Gasteiger partial charge in [0.2, 0.25) is 0 Å². The lowest BCUT2D eigenvalue weighted by molar-refractivity contribution is -0.107. The van der Waals surface area contributed by atoms with Crippen molar-refractivity contribution in [1.82, 2.24) is 4.98 Å². The molecule has 1 N–H and O–H groups in total. The molecule has 13 heavy (non-hydrogen) atoms. The monoisotopic (exact) mass is 175 g/mol. The molecule has 0 bridgehead atoms. The summed E-state index contributed by atoms with van der Waals surface area (Å²) >= 11 is 0. The van der Waals surface area contributed by atoms with E-state index in [0.29, 0.717) is 6.42 Å². The van der Waals surface area contributed by atoms with Crippen molar-refractivity contribution in [2.45, 2.75) is 26.2 Å². The van der Waals surface area contributed by atoms with E-state index in [-0.39, 0.29) is 0 Å². The fourth-order valence-electron chi connectivity index (χ4n) is 1.91. The Balaban J connectivity index is 2.69. The van der Waals surface area contributed by atoms with E-state index in [0.717, 1.165) is 24.8 Å². The number of H-pyrrole nitrogens is 1. The maximum absolute atomic E-state index is 10.5. The molecule has 2 rings (SSSR count). The van der Waals surface area contributed by atoms with E-state index in [4.69, 9.17) is 0 Å². The average molecular weight is 175 g/mol. The van der Waals surface area contributed by atoms with Gasteiger partial charge in [-0.15, -0.1) is 0 Å². The second-order valence-corrected chi connectivity index (χ2v) is 3.41. The topological polar surface area (TPSA) is 32.9 Å². The highest BCUT2D eigenvalue weighted by Crippen LogP contribution is 2.01. The number of aldehydes is 1. The Bertz CT molecular complexity index is 439. The molecule has 2 nitrogen and oxygen atoms in total. The molecule has 1 aliphatic rings. The number of hydrogen-bond donors (Lipinski definition) is 1. The molecule has 0 amide bonds. The Morgan fingerprint density at radius 2 is 2.23 bits per heavy atom. The maximum Gasteiger partial charge on any atom is 0.124 e. The van der Waals surface area contributed by atoms with E-state index in [2.05, 4.69) is 17.1 Å². The van der Waals surface area contributed by atoms with E-state index >= 15 is 0 Å². The van der Waals surface area contributed by atoms with Crippen molar-refractivity contribution in [3.63, 3.8) is 0 Å². The number of carbonyl (C=O) groups excluding carboxylic acids is 1. The van der Waals surface area contributed by atoms with Crippen molar-refractivity contribution in [2.24, 2.45) is 0 Å². The fourth-order valence-corrected chi connectivity index (χ4v) is 1.91. The van der Waals surface area contributed by atoms with Gasteiger partial charge in [-0.05, 0) is 30.5 Å². The standard InChI is InChI=1S/C11H13NO/c1-8-9(6-7-13)10-4-2-3-5-11(10)12-8/h4-5,7,12H,2-3,6H2,1H3. The van der Waals surface area contributed by atoms with Crippen LogP contribution in [0.2, 0.25) is 0 Å². The van der Waals surface area contributed by atoms with Crippen molar-refractivity contribution in [2.75, 3.05) is 0 Å². The first-order chi connectivity index (χ1) is 6.33. The van der Waals surface area contributed by atoms with Crippen molar-refractivity contribution in [1.29, 1.82) is 0 Å². The van der Waals surface area contributed by atoms with Gasteiger partial charge in [0.25, 0.3) is 0 Å². The minimum absolute atomic E-state index is 0.530. The van der Waals surface area contributed by atoms with E-state index in [1.54, 1.807) is 0 Å². The number of aryl methyl sites for hydroxylation is 1. The fraction of sp³-hybridized carbons (Fsp3) is 0.364. The summed E-state index contributed by atoms with van der Waals surface area (Å²) in [5.74, 6) is 0. The highest BCUT2D eigenvalue weighted by molar-refractivity contribution is 5.57. The van der Waals surface area contributed by atoms with Crippen LogP contribution in [0.4, 0.5) is 0 Å². The van der Waals surface area contributed by atoms with E-state index in [9.17, 15) is 4.79 Å². The smallest absolute Gasteiger partial charge is 0.124 e. The normalized spacial score (nSPS) is 14.2. The third-order valence-corrected chi connectivity index (χ3v) is 2.54. The minimum Gasteiger partial charge on any atom is -0.359 e. The largest absolute Gasteiger partial charge is 0.359 e. The van der Waals surface area contributed by atoms with Crippen LogP contribution in [-0.2, 0) is 11.2 Å². The lowest BCUT2D eigenvalue weighted by atomic mass is 10.1. The zero-order valence-corrected chi connectivity index (χ0v) is 7.76. The third kappa shape index (κ3) is 1.32. The summed E-state index contributed by atoms with van der Waals surface area (Å²) < 4.78 is 0. The summed E-state index contributed by atoms with van der Waals surface area (Å²) in [6, 6.07) is 0. The number of hydrogen-bond acceptors (Lipinski definition) is 1. The predicted molar refractivity (Wildman–Crippen MR) is 52.7 cm³/mol. The van der Waals surface area contributed by atoms with Crippen LogP contribution in [0.1, 0.15) is 24.1 Å². The van der Waals surface area contributed by atoms with E-state index in [1.807, 2.05) is 6.92 Å². The zero-order chi connectivity index (χ0) is 9.26. The Kier molecular flexibility index (Phi) is 2.05. The van der Waals surface area contributed by atoms with Gasteiger partial charge in [-0.2, -0.15) is 0 Å². The summed E-state index contributed by atoms with van der Waals surface area (Å²) in [7, 11) is 0. The molecule has 0 radical (unpaired) electrons. The quantitative estimate of drug-likeness (QED) is 0.649. The third-order valence-electron chi connectivity index (χ3n) is 2.54. The van der Waals surface area contributed by atoms with Crippen LogP contribution < -0.4 is 10.6 Å². The molecule has 1 aromatic rings. The molecular formula is C11H13NO. The van der Waals surface area contributed by atoms with E-state index in [1.165, 1.54) is 16.1 Å². The maximum atomic E-state index is 10.5. The molecule has 0 atom stereocenters. The first kappa shape index (κ1) is 8.30. The van der Waals surface area contributed by atoms with Crippen molar-refractivity contribution < 1.29 is 4.79 Å². The van der Waals surface area contributed by atoms with Crippen LogP contribution in [0, 0.1) is 6.92 Å². The molecule has 0 aromatic carbocycles. The second kappa shape index (κ2) is 3.21. The van der Waals surface area contributed by atoms with Gasteiger partial charge in [-0.25, -0.2) is 0 Å². The molecule has 1 aliphatic carbocycles. The lowest BCUT2D eigenvalue weighted by Gasteiger charge is -1.95. The molecule has 1 heterocycles. The molecule has 0 saturated carbocycles. The number of carbonyl (C=O) groups is 1. The average Bonchev–Trinajstić information content (AvgIpc) is 2.44. The number of rotatable bonds is 2. The van der Waals surface area contributed by atoms with Gasteiger partial charge in [-0.3, -0.25) is 0 Å². The van der Waals surface area contributed by atoms with Crippen molar-refractivity contribution in [3.8, 4) is 0 Å². The number of aromatic nitrogens is 1. The first-order valence-corrected chi connectivity index (χ1v) is 4.64. The highest BCUT2D eigenvalue weighted by Gasteiger charge is 2.05. The first-order valence-electron chi connectivity index (χ1n) is 4.64. The summed E-state index contributed by atoms with van der Waals surface area (Å²) in [6.07, 6.45) is 8.12. The van der Waals surface area contributed by atoms with Gasteiger partial charge in [0, 0.05) is 17.5 Å². The second-order valence-electron chi connectivity index (χ2n) is 3.41. The number of nitrogens with one attached hydrogen (secondary N) is 1. The van der Waals surface area contributed by atoms with E-state index < -0.39 is 0 Å². The lowest BCUT2D eigenvalue weighted by Crippen LogP contribution is -2.27. The van der Waals surface area contributed by atoms with Gasteiger partial charge >= 0.3 is 0 Å². The number of aromatic amines is 1. The van der Waals surface area contributed by atoms with Crippen LogP contribution >= 0.6 is 0 Å². The zero-order valence-electron chi connectivity index (χ0n) is 7.76. The number of fused-ring (bicyclic) bond motifs is 1. The minimum atomic E-state index is 0.530. The van der Waals surface area contributed by atoms with Crippen LogP contribution in [0.3, 0.4) is 0 Å². The molecule has 0 aliphatic heterocycles. The summed E-state index contributed by atoms with van der Waals surface area (Å²) in [4.78, 5) is 13.8. The molecule has 0 fully saturated rings. The molecule has 0 unspecified atom stereocenters. The predicted octanol–water partition coefficient (Wildman–Crippen LogP) is 0.419. The van der Waals surface area contributed by atoms with Crippen LogP contribution in [-0.4, -0.2) is 11.3 Å². The Labute approximate surface area is 77.0 Å². The Hall–Kier alpha value is -1.31. The Morgan fingerprint density at radius 3 is 3.00 bits per heavy atom. The van der Waals surface area contributed by atoms with Crippen molar-refractivity contribution >= 4 is 18.4 Å². The van der Waals surface area contributed by atoms with Crippen molar-refractivity contribution in [3.05, 3.63) is 21.8 Å². The van der Waals surface area contributed by atoms with Crippen LogP contribution in [0.15, 0.2) is 0 Å².